The minimum Gasteiger partial charge on any atom is -0.356 e. The fraction of sp³-hybridized carbons (Fsp3) is 0.688. The van der Waals surface area contributed by atoms with Crippen molar-refractivity contribution in [2.75, 3.05) is 24.5 Å². The fourth-order valence-electron chi connectivity index (χ4n) is 2.60. The zero-order valence-electron chi connectivity index (χ0n) is 13.0. The lowest BCUT2D eigenvalue weighted by atomic mass is 9.96. The molecule has 1 unspecified atom stereocenters. The third-order valence-corrected chi connectivity index (χ3v) is 4.61. The summed E-state index contributed by atoms with van der Waals surface area (Å²) in [4.78, 5) is 7.13. The molecule has 0 amide bonds. The Morgan fingerprint density at radius 3 is 2.80 bits per heavy atom. The number of halogens is 1. The van der Waals surface area contributed by atoms with Crippen LogP contribution in [-0.4, -0.2) is 30.2 Å². The molecule has 0 aromatic carbocycles. The first-order chi connectivity index (χ1) is 9.35. The summed E-state index contributed by atoms with van der Waals surface area (Å²) < 4.78 is 1.09. The fourth-order valence-corrected chi connectivity index (χ4v) is 2.82. The van der Waals surface area contributed by atoms with Gasteiger partial charge in [-0.3, -0.25) is 0 Å². The van der Waals surface area contributed by atoms with Gasteiger partial charge in [0.05, 0.1) is 5.69 Å². The quantitative estimate of drug-likeness (QED) is 0.908. The summed E-state index contributed by atoms with van der Waals surface area (Å²) in [6.07, 6.45) is 2.57. The van der Waals surface area contributed by atoms with E-state index in [-0.39, 0.29) is 5.54 Å². The van der Waals surface area contributed by atoms with Gasteiger partial charge in [-0.05, 0) is 74.5 Å². The molecule has 4 heteroatoms. The highest BCUT2D eigenvalue weighted by Gasteiger charge is 2.22. The Labute approximate surface area is 131 Å². The Bertz CT molecular complexity index is 454. The van der Waals surface area contributed by atoms with Crippen LogP contribution >= 0.6 is 15.9 Å². The number of hydrogen-bond acceptors (Lipinski definition) is 3. The highest BCUT2D eigenvalue weighted by molar-refractivity contribution is 9.10. The third kappa shape index (κ3) is 4.45. The van der Waals surface area contributed by atoms with E-state index in [1.807, 2.05) is 0 Å². The van der Waals surface area contributed by atoms with E-state index in [0.717, 1.165) is 35.6 Å². The number of pyridine rings is 1. The summed E-state index contributed by atoms with van der Waals surface area (Å²) in [6.45, 7) is 12.1. The van der Waals surface area contributed by atoms with Crippen molar-refractivity contribution in [3.63, 3.8) is 0 Å². The maximum Gasteiger partial charge on any atom is 0.128 e. The molecule has 1 aliphatic heterocycles. The second-order valence-corrected chi connectivity index (χ2v) is 7.68. The summed E-state index contributed by atoms with van der Waals surface area (Å²) >= 11 is 3.52. The Kier molecular flexibility index (Phi) is 5.08. The normalized spacial score (nSPS) is 20.2. The number of hydrogen-bond donors (Lipinski definition) is 1. The monoisotopic (exact) mass is 339 g/mol. The molecule has 2 heterocycles. The highest BCUT2D eigenvalue weighted by atomic mass is 79.9. The largest absolute Gasteiger partial charge is 0.356 e. The van der Waals surface area contributed by atoms with E-state index in [4.69, 9.17) is 4.98 Å². The van der Waals surface area contributed by atoms with Crippen molar-refractivity contribution < 1.29 is 0 Å². The summed E-state index contributed by atoms with van der Waals surface area (Å²) in [7, 11) is 0. The van der Waals surface area contributed by atoms with Crippen LogP contribution in [0.1, 0.15) is 39.3 Å². The smallest absolute Gasteiger partial charge is 0.128 e. The minimum absolute atomic E-state index is 0.203. The molecular formula is C16H26BrN3. The lowest BCUT2D eigenvalue weighted by molar-refractivity contribution is 0.335. The van der Waals surface area contributed by atoms with E-state index in [9.17, 15) is 0 Å². The second kappa shape index (κ2) is 6.44. The molecule has 1 aromatic heterocycles. The van der Waals surface area contributed by atoms with Crippen molar-refractivity contribution >= 4 is 21.7 Å². The number of nitrogens with one attached hydrogen (secondary N) is 1. The molecule has 0 bridgehead atoms. The van der Waals surface area contributed by atoms with Gasteiger partial charge in [-0.1, -0.05) is 0 Å². The number of anilines is 1. The molecule has 1 aromatic rings. The molecule has 20 heavy (non-hydrogen) atoms. The van der Waals surface area contributed by atoms with Crippen molar-refractivity contribution in [2.24, 2.45) is 5.92 Å². The Morgan fingerprint density at radius 1 is 1.40 bits per heavy atom. The van der Waals surface area contributed by atoms with Gasteiger partial charge in [0.2, 0.25) is 0 Å². The number of piperidine rings is 1. The van der Waals surface area contributed by atoms with Gasteiger partial charge in [0.25, 0.3) is 0 Å². The van der Waals surface area contributed by atoms with Crippen LogP contribution in [0.4, 0.5) is 5.82 Å². The zero-order valence-corrected chi connectivity index (χ0v) is 14.6. The van der Waals surface area contributed by atoms with Gasteiger partial charge in [0, 0.05) is 29.6 Å². The molecule has 1 fully saturated rings. The predicted molar refractivity (Wildman–Crippen MR) is 89.4 cm³/mol. The van der Waals surface area contributed by atoms with Crippen LogP contribution in [0.15, 0.2) is 16.6 Å². The van der Waals surface area contributed by atoms with Gasteiger partial charge >= 0.3 is 0 Å². The summed E-state index contributed by atoms with van der Waals surface area (Å²) in [6, 6.07) is 4.23. The van der Waals surface area contributed by atoms with Crippen molar-refractivity contribution in [1.29, 1.82) is 0 Å². The predicted octanol–water partition coefficient (Wildman–Crippen LogP) is 3.76. The minimum atomic E-state index is 0.203. The Morgan fingerprint density at radius 2 is 2.15 bits per heavy atom. The van der Waals surface area contributed by atoms with Crippen molar-refractivity contribution in [1.82, 2.24) is 10.3 Å². The van der Waals surface area contributed by atoms with Gasteiger partial charge < -0.3 is 10.2 Å². The first-order valence-electron chi connectivity index (χ1n) is 7.48. The molecule has 2 rings (SSSR count). The maximum absolute atomic E-state index is 4.70. The lowest BCUT2D eigenvalue weighted by Gasteiger charge is -2.35. The molecule has 1 N–H and O–H groups in total. The first-order valence-corrected chi connectivity index (χ1v) is 8.27. The molecule has 1 saturated heterocycles. The maximum atomic E-state index is 4.70. The average molecular weight is 340 g/mol. The Hall–Kier alpha value is -0.610. The highest BCUT2D eigenvalue weighted by Crippen LogP contribution is 2.24. The van der Waals surface area contributed by atoms with Crippen LogP contribution in [0, 0.1) is 12.8 Å². The summed E-state index contributed by atoms with van der Waals surface area (Å²) in [5.74, 6) is 1.83. The molecule has 112 valence electrons. The molecule has 0 saturated carbocycles. The van der Waals surface area contributed by atoms with Crippen LogP contribution < -0.4 is 10.2 Å². The number of rotatable bonds is 3. The van der Waals surface area contributed by atoms with Gasteiger partial charge in [-0.2, -0.15) is 0 Å². The SMILES string of the molecule is Cc1nc(N2CCCC(CNC(C)(C)C)C2)ccc1Br. The van der Waals surface area contributed by atoms with Gasteiger partial charge in [-0.25, -0.2) is 4.98 Å². The second-order valence-electron chi connectivity index (χ2n) is 6.82. The Balaban J connectivity index is 1.97. The topological polar surface area (TPSA) is 28.2 Å². The zero-order chi connectivity index (χ0) is 14.8. The third-order valence-electron chi connectivity index (χ3n) is 3.77. The molecule has 0 spiro atoms. The molecule has 1 aliphatic rings. The van der Waals surface area contributed by atoms with Crippen LogP contribution in [0.3, 0.4) is 0 Å². The lowest BCUT2D eigenvalue weighted by Crippen LogP contribution is -2.44. The van der Waals surface area contributed by atoms with E-state index >= 15 is 0 Å². The molecule has 1 atom stereocenters. The molecular weight excluding hydrogens is 314 g/mol. The van der Waals surface area contributed by atoms with Crippen molar-refractivity contribution in [3.8, 4) is 0 Å². The molecule has 3 nitrogen and oxygen atoms in total. The number of aryl methyl sites for hydroxylation is 1. The summed E-state index contributed by atoms with van der Waals surface area (Å²) in [5, 5.41) is 3.63. The van der Waals surface area contributed by atoms with E-state index in [1.165, 1.54) is 12.8 Å². The van der Waals surface area contributed by atoms with Crippen LogP contribution in [0.25, 0.3) is 0 Å². The van der Waals surface area contributed by atoms with E-state index in [2.05, 4.69) is 66.0 Å². The van der Waals surface area contributed by atoms with Gasteiger partial charge in [0.15, 0.2) is 0 Å². The van der Waals surface area contributed by atoms with E-state index in [1.54, 1.807) is 0 Å². The first kappa shape index (κ1) is 15.8. The van der Waals surface area contributed by atoms with Crippen molar-refractivity contribution in [2.45, 2.75) is 46.1 Å². The molecule has 0 radical (unpaired) electrons. The number of nitrogens with zero attached hydrogens (tertiary/aromatic N) is 2. The van der Waals surface area contributed by atoms with E-state index in [0.29, 0.717) is 5.92 Å². The number of aromatic nitrogens is 1. The van der Waals surface area contributed by atoms with Gasteiger partial charge in [0.1, 0.15) is 5.82 Å². The summed E-state index contributed by atoms with van der Waals surface area (Å²) in [5.41, 5.74) is 1.27. The van der Waals surface area contributed by atoms with E-state index < -0.39 is 0 Å². The van der Waals surface area contributed by atoms with Gasteiger partial charge in [-0.15, -0.1) is 0 Å². The van der Waals surface area contributed by atoms with Crippen LogP contribution in [-0.2, 0) is 0 Å². The van der Waals surface area contributed by atoms with Crippen LogP contribution in [0.2, 0.25) is 0 Å². The van der Waals surface area contributed by atoms with Crippen LogP contribution in [0.5, 0.6) is 0 Å². The standard InChI is InChI=1S/C16H26BrN3/c1-12-14(17)7-8-15(19-12)20-9-5-6-13(11-20)10-18-16(2,3)4/h7-8,13,18H,5-6,9-11H2,1-4H3. The average Bonchev–Trinajstić information content (AvgIpc) is 2.39. The van der Waals surface area contributed by atoms with Crippen molar-refractivity contribution in [3.05, 3.63) is 22.3 Å². The molecule has 0 aliphatic carbocycles.